The van der Waals surface area contributed by atoms with E-state index in [-0.39, 0.29) is 5.91 Å². The van der Waals surface area contributed by atoms with Gasteiger partial charge in [-0.3, -0.25) is 10.1 Å². The van der Waals surface area contributed by atoms with Gasteiger partial charge in [0.25, 0.3) is 5.91 Å². The van der Waals surface area contributed by atoms with E-state index in [4.69, 9.17) is 4.74 Å². The van der Waals surface area contributed by atoms with E-state index in [0.717, 1.165) is 35.3 Å². The maximum Gasteiger partial charge on any atom is 0.258 e. The van der Waals surface area contributed by atoms with Crippen molar-refractivity contribution in [1.82, 2.24) is 18.9 Å². The Morgan fingerprint density at radius 1 is 1.03 bits per heavy atom. The number of rotatable bonds is 7. The molecular weight excluding hydrogens is 402 g/mol. The molecule has 0 saturated carbocycles. The van der Waals surface area contributed by atoms with Crippen LogP contribution in [0.1, 0.15) is 29.4 Å². The average molecular weight is 425 g/mol. The van der Waals surface area contributed by atoms with Gasteiger partial charge in [-0.05, 0) is 48.9 Å². The lowest BCUT2D eigenvalue weighted by Crippen LogP contribution is -2.16. The Morgan fingerprint density at radius 2 is 1.91 bits per heavy atom. The fraction of sp³-hybridized carbons (Fsp3) is 0.160. The molecule has 1 N–H and O–H groups in total. The van der Waals surface area contributed by atoms with Crippen LogP contribution in [0.3, 0.4) is 0 Å². The molecule has 5 rings (SSSR count). The molecule has 0 unspecified atom stereocenters. The standard InChI is InChI=1S/C25H23N5O2/c1-2-13-30-22-11-4-3-10-21(22)27-25(30)28-24(31)18-8-7-9-20(15-18)32-17-19-16-29-14-6-5-12-23(29)26-19/h3-12,14-16H,2,13,17H2,1H3,(H,27,28,31). The molecule has 5 aromatic rings. The predicted molar refractivity (Wildman–Crippen MR) is 124 cm³/mol. The van der Waals surface area contributed by atoms with E-state index in [1.54, 1.807) is 12.1 Å². The molecule has 0 bridgehead atoms. The summed E-state index contributed by atoms with van der Waals surface area (Å²) >= 11 is 0. The predicted octanol–water partition coefficient (Wildman–Crippen LogP) is 4.93. The Kier molecular flexibility index (Phi) is 5.29. The number of nitrogens with zero attached hydrogens (tertiary/aromatic N) is 4. The molecule has 0 saturated heterocycles. The number of fused-ring (bicyclic) bond motifs is 2. The monoisotopic (exact) mass is 425 g/mol. The topological polar surface area (TPSA) is 73.5 Å². The van der Waals surface area contributed by atoms with Crippen molar-refractivity contribution >= 4 is 28.5 Å². The van der Waals surface area contributed by atoms with Gasteiger partial charge in [0.05, 0.1) is 16.7 Å². The molecule has 0 radical (unpaired) electrons. The van der Waals surface area contributed by atoms with Crippen molar-refractivity contribution in [2.75, 3.05) is 5.32 Å². The third-order valence-electron chi connectivity index (χ3n) is 5.22. The van der Waals surface area contributed by atoms with Crippen molar-refractivity contribution in [3.8, 4) is 5.75 Å². The number of para-hydroxylation sites is 2. The Morgan fingerprint density at radius 3 is 2.78 bits per heavy atom. The molecule has 1 amide bonds. The van der Waals surface area contributed by atoms with Crippen molar-refractivity contribution in [3.05, 3.63) is 90.4 Å². The van der Waals surface area contributed by atoms with E-state index < -0.39 is 0 Å². The van der Waals surface area contributed by atoms with Gasteiger partial charge in [0, 0.05) is 24.5 Å². The highest BCUT2D eigenvalue weighted by atomic mass is 16.5. The van der Waals surface area contributed by atoms with Gasteiger partial charge in [-0.25, -0.2) is 9.97 Å². The number of ether oxygens (including phenoxy) is 1. The summed E-state index contributed by atoms with van der Waals surface area (Å²) in [4.78, 5) is 22.1. The second-order valence-electron chi connectivity index (χ2n) is 7.54. The number of hydrogen-bond donors (Lipinski definition) is 1. The minimum Gasteiger partial charge on any atom is -0.487 e. The molecule has 160 valence electrons. The van der Waals surface area contributed by atoms with E-state index in [0.29, 0.717) is 23.9 Å². The molecule has 0 atom stereocenters. The Balaban J connectivity index is 1.32. The van der Waals surface area contributed by atoms with Gasteiger partial charge in [-0.1, -0.05) is 31.2 Å². The van der Waals surface area contributed by atoms with E-state index in [1.807, 2.05) is 76.0 Å². The third-order valence-corrected chi connectivity index (χ3v) is 5.22. The summed E-state index contributed by atoms with van der Waals surface area (Å²) in [7, 11) is 0. The number of anilines is 1. The molecule has 2 aromatic carbocycles. The summed E-state index contributed by atoms with van der Waals surface area (Å²) in [5.41, 5.74) is 4.07. The first kappa shape index (κ1) is 19.8. The number of aryl methyl sites for hydroxylation is 1. The fourth-order valence-corrected chi connectivity index (χ4v) is 3.74. The van der Waals surface area contributed by atoms with Crippen LogP contribution >= 0.6 is 0 Å². The maximum atomic E-state index is 13.0. The molecule has 0 aliphatic rings. The zero-order valence-corrected chi connectivity index (χ0v) is 17.7. The number of benzene rings is 2. The maximum absolute atomic E-state index is 13.0. The summed E-state index contributed by atoms with van der Waals surface area (Å²) in [6.45, 7) is 3.20. The van der Waals surface area contributed by atoms with Crippen molar-refractivity contribution in [1.29, 1.82) is 0 Å². The van der Waals surface area contributed by atoms with E-state index in [2.05, 4.69) is 22.2 Å². The van der Waals surface area contributed by atoms with Crippen LogP contribution in [-0.4, -0.2) is 24.8 Å². The van der Waals surface area contributed by atoms with Gasteiger partial charge in [0.15, 0.2) is 0 Å². The number of amides is 1. The lowest BCUT2D eigenvalue weighted by atomic mass is 10.2. The quantitative estimate of drug-likeness (QED) is 0.401. The Labute approximate surface area is 185 Å². The summed E-state index contributed by atoms with van der Waals surface area (Å²) in [5, 5.41) is 2.96. The summed E-state index contributed by atoms with van der Waals surface area (Å²) in [5.74, 6) is 0.932. The van der Waals surface area contributed by atoms with Crippen molar-refractivity contribution in [2.45, 2.75) is 26.5 Å². The number of carbonyl (C=O) groups is 1. The largest absolute Gasteiger partial charge is 0.487 e. The lowest BCUT2D eigenvalue weighted by molar-refractivity contribution is 0.102. The number of pyridine rings is 1. The van der Waals surface area contributed by atoms with E-state index >= 15 is 0 Å². The fourth-order valence-electron chi connectivity index (χ4n) is 3.74. The number of aromatic nitrogens is 4. The number of carbonyl (C=O) groups excluding carboxylic acids is 1. The second kappa shape index (κ2) is 8.55. The van der Waals surface area contributed by atoms with Gasteiger partial charge in [0.2, 0.25) is 5.95 Å². The summed E-state index contributed by atoms with van der Waals surface area (Å²) < 4.78 is 9.88. The molecule has 0 spiro atoms. The number of hydrogen-bond acceptors (Lipinski definition) is 4. The van der Waals surface area contributed by atoms with E-state index in [1.165, 1.54) is 0 Å². The van der Waals surface area contributed by atoms with E-state index in [9.17, 15) is 4.79 Å². The van der Waals surface area contributed by atoms with Gasteiger partial charge >= 0.3 is 0 Å². The summed E-state index contributed by atoms with van der Waals surface area (Å²) in [6, 6.07) is 20.9. The van der Waals surface area contributed by atoms with Crippen molar-refractivity contribution < 1.29 is 9.53 Å². The third kappa shape index (κ3) is 3.92. The van der Waals surface area contributed by atoms with Crippen molar-refractivity contribution in [2.24, 2.45) is 0 Å². The van der Waals surface area contributed by atoms with Crippen LogP contribution in [-0.2, 0) is 13.2 Å². The second-order valence-corrected chi connectivity index (χ2v) is 7.54. The van der Waals surface area contributed by atoms with Gasteiger partial charge in [-0.2, -0.15) is 0 Å². The van der Waals surface area contributed by atoms with Crippen LogP contribution in [0.15, 0.2) is 79.1 Å². The normalized spacial score (nSPS) is 11.2. The molecule has 3 heterocycles. The first-order valence-electron chi connectivity index (χ1n) is 10.6. The molecule has 0 aliphatic carbocycles. The first-order chi connectivity index (χ1) is 15.7. The van der Waals surface area contributed by atoms with Crippen LogP contribution in [0.4, 0.5) is 5.95 Å². The van der Waals surface area contributed by atoms with Crippen LogP contribution in [0.25, 0.3) is 16.7 Å². The van der Waals surface area contributed by atoms with Gasteiger partial charge in [0.1, 0.15) is 18.0 Å². The Bertz CT molecular complexity index is 1370. The zero-order chi connectivity index (χ0) is 21.9. The van der Waals surface area contributed by atoms with Crippen LogP contribution in [0.5, 0.6) is 5.75 Å². The molecule has 7 heteroatoms. The molecule has 3 aromatic heterocycles. The minimum atomic E-state index is -0.226. The molecule has 7 nitrogen and oxygen atoms in total. The lowest BCUT2D eigenvalue weighted by Gasteiger charge is -2.10. The molecule has 0 fully saturated rings. The highest BCUT2D eigenvalue weighted by Gasteiger charge is 2.14. The summed E-state index contributed by atoms with van der Waals surface area (Å²) in [6.07, 6.45) is 4.82. The first-order valence-corrected chi connectivity index (χ1v) is 10.6. The van der Waals surface area contributed by atoms with Gasteiger partial charge in [-0.15, -0.1) is 0 Å². The van der Waals surface area contributed by atoms with Crippen LogP contribution < -0.4 is 10.1 Å². The molecular formula is C25H23N5O2. The SMILES string of the molecule is CCCn1c(NC(=O)c2cccc(OCc3cn4ccccc4n3)c2)nc2ccccc21. The average Bonchev–Trinajstić information content (AvgIpc) is 3.39. The van der Waals surface area contributed by atoms with Crippen molar-refractivity contribution in [3.63, 3.8) is 0 Å². The van der Waals surface area contributed by atoms with Crippen LogP contribution in [0.2, 0.25) is 0 Å². The zero-order valence-electron chi connectivity index (χ0n) is 17.7. The number of nitrogens with one attached hydrogen (secondary N) is 1. The van der Waals surface area contributed by atoms with Crippen LogP contribution in [0, 0.1) is 0 Å². The smallest absolute Gasteiger partial charge is 0.258 e. The highest BCUT2D eigenvalue weighted by Crippen LogP contribution is 2.22. The Hall–Kier alpha value is -4.13. The number of imidazole rings is 2. The highest BCUT2D eigenvalue weighted by molar-refractivity contribution is 6.04. The van der Waals surface area contributed by atoms with Gasteiger partial charge < -0.3 is 13.7 Å². The minimum absolute atomic E-state index is 0.226. The molecule has 0 aliphatic heterocycles. The molecule has 32 heavy (non-hydrogen) atoms.